The number of carbonyl (C=O) groups is 6. The first kappa shape index (κ1) is 49.1. The van der Waals surface area contributed by atoms with Gasteiger partial charge in [0.15, 0.2) is 5.60 Å². The van der Waals surface area contributed by atoms with Crippen molar-refractivity contribution in [2.24, 2.45) is 16.7 Å². The molecule has 0 saturated heterocycles. The summed E-state index contributed by atoms with van der Waals surface area (Å²) in [4.78, 5) is 95.9. The molecule has 7 rings (SSSR count). The lowest BCUT2D eigenvalue weighted by molar-refractivity contribution is -0.172. The maximum absolute atomic E-state index is 13.8. The molecular weight excluding hydrogens is 863 g/mol. The molecule has 360 valence electrons. The van der Waals surface area contributed by atoms with Crippen molar-refractivity contribution in [1.29, 1.82) is 0 Å². The second kappa shape index (κ2) is 19.1. The van der Waals surface area contributed by atoms with E-state index in [1.54, 1.807) is 30.5 Å². The van der Waals surface area contributed by atoms with Gasteiger partial charge in [0.25, 0.3) is 17.4 Å². The highest BCUT2D eigenvalue weighted by atomic mass is 16.6. The van der Waals surface area contributed by atoms with Gasteiger partial charge in [-0.1, -0.05) is 48.5 Å². The van der Waals surface area contributed by atoms with Crippen molar-refractivity contribution in [3.63, 3.8) is 0 Å². The van der Waals surface area contributed by atoms with Crippen LogP contribution in [0.1, 0.15) is 109 Å². The third kappa shape index (κ3) is 10.1. The van der Waals surface area contributed by atoms with Crippen molar-refractivity contribution in [2.45, 2.75) is 131 Å². The number of aromatic nitrogens is 2. The molecule has 0 radical (unpaired) electrons. The largest absolute Gasteiger partial charge is 0.458 e. The molecule has 1 aliphatic carbocycles. The summed E-state index contributed by atoms with van der Waals surface area (Å²) in [5.74, 6) is -3.05. The number of cyclic esters (lactones) is 1. The molecule has 18 heteroatoms. The smallest absolute Gasteiger partial charge is 0.343 e. The summed E-state index contributed by atoms with van der Waals surface area (Å²) in [6, 6.07) is 3.56. The Morgan fingerprint density at radius 1 is 0.940 bits per heavy atom. The monoisotopic (exact) mass is 925 g/mol. The van der Waals surface area contributed by atoms with Crippen LogP contribution in [-0.4, -0.2) is 105 Å². The maximum Gasteiger partial charge on any atom is 0.343 e. The molecule has 1 unspecified atom stereocenters. The molecule has 18 nitrogen and oxygen atoms in total. The van der Waals surface area contributed by atoms with Gasteiger partial charge in [0.05, 0.1) is 48.3 Å². The summed E-state index contributed by atoms with van der Waals surface area (Å²) in [7, 11) is 0. The van der Waals surface area contributed by atoms with Crippen LogP contribution >= 0.6 is 0 Å². The van der Waals surface area contributed by atoms with Gasteiger partial charge in [-0.15, -0.1) is 0 Å². The molecule has 0 spiro atoms. The van der Waals surface area contributed by atoms with Gasteiger partial charge in [-0.3, -0.25) is 39.0 Å². The summed E-state index contributed by atoms with van der Waals surface area (Å²) in [5.41, 5.74) is 2.58. The lowest BCUT2D eigenvalue weighted by atomic mass is 9.85. The molecule has 0 bridgehead atoms. The molecule has 4 aliphatic rings. The van der Waals surface area contributed by atoms with Crippen molar-refractivity contribution >= 4 is 52.1 Å². The van der Waals surface area contributed by atoms with Gasteiger partial charge in [0, 0.05) is 59.3 Å². The Balaban J connectivity index is 0.934. The lowest BCUT2D eigenvalue weighted by Gasteiger charge is -2.32. The van der Waals surface area contributed by atoms with E-state index < -0.39 is 64.3 Å². The first-order valence-electron chi connectivity index (χ1n) is 23.1. The van der Waals surface area contributed by atoms with Gasteiger partial charge in [0.2, 0.25) is 17.7 Å². The topological polar surface area (TPSA) is 248 Å². The van der Waals surface area contributed by atoms with Crippen LogP contribution < -0.4 is 26.8 Å². The van der Waals surface area contributed by atoms with Crippen LogP contribution in [0.15, 0.2) is 35.1 Å². The first-order valence-corrected chi connectivity index (χ1v) is 23.1. The fraction of sp³-hybridized carbons (Fsp3) is 0.551. The van der Waals surface area contributed by atoms with Gasteiger partial charge in [0.1, 0.15) is 18.9 Å². The molecule has 4 atom stereocenters. The average molecular weight is 926 g/mol. The third-order valence-electron chi connectivity index (χ3n) is 13.2. The number of aliphatic hydroxyl groups is 2. The predicted octanol–water partition coefficient (Wildman–Crippen LogP) is 2.83. The average Bonchev–Trinajstić information content (AvgIpc) is 3.81. The van der Waals surface area contributed by atoms with Gasteiger partial charge in [-0.25, -0.2) is 9.78 Å². The van der Waals surface area contributed by atoms with E-state index in [0.29, 0.717) is 42.2 Å². The van der Waals surface area contributed by atoms with E-state index in [1.165, 1.54) is 12.2 Å². The number of fused-ring (bicyclic) bond motifs is 5. The quantitative estimate of drug-likeness (QED) is 0.0451. The van der Waals surface area contributed by atoms with Crippen molar-refractivity contribution in [2.75, 3.05) is 31.6 Å². The zero-order chi connectivity index (χ0) is 48.7. The molecule has 3 aromatic rings. The minimum absolute atomic E-state index is 0.00361. The van der Waals surface area contributed by atoms with Crippen LogP contribution in [0.2, 0.25) is 0 Å². The third-order valence-corrected chi connectivity index (χ3v) is 13.2. The highest BCUT2D eigenvalue weighted by Gasteiger charge is 2.46. The van der Waals surface area contributed by atoms with Crippen LogP contribution in [0, 0.1) is 16.7 Å². The number of aliphatic hydroxyl groups excluding tert-OH is 1. The van der Waals surface area contributed by atoms with Crippen LogP contribution in [0.5, 0.6) is 0 Å². The number of nitrogens with zero attached hydrogens (tertiary/aromatic N) is 3. The van der Waals surface area contributed by atoms with Crippen molar-refractivity contribution in [1.82, 2.24) is 30.4 Å². The van der Waals surface area contributed by atoms with E-state index in [-0.39, 0.29) is 74.1 Å². The number of imide groups is 1. The Hall–Kier alpha value is -5.82. The fourth-order valence-electron chi connectivity index (χ4n) is 9.41. The molecule has 5 amide bonds. The number of carbonyl (C=O) groups excluding carboxylic acids is 6. The van der Waals surface area contributed by atoms with Gasteiger partial charge < -0.3 is 40.2 Å². The number of nitrogens with one attached hydrogen (secondary N) is 4. The summed E-state index contributed by atoms with van der Waals surface area (Å²) in [6.07, 6.45) is 3.76. The van der Waals surface area contributed by atoms with Gasteiger partial charge >= 0.3 is 5.97 Å². The van der Waals surface area contributed by atoms with Crippen LogP contribution in [0.4, 0.5) is 5.69 Å². The molecule has 1 aromatic carbocycles. The van der Waals surface area contributed by atoms with Crippen molar-refractivity contribution in [3.8, 4) is 11.4 Å². The molecule has 0 saturated carbocycles. The first-order chi connectivity index (χ1) is 31.5. The molecule has 67 heavy (non-hydrogen) atoms. The molecule has 2 aromatic heterocycles. The number of aryl methyl sites for hydroxylation is 2. The molecule has 5 heterocycles. The second-order valence-electron chi connectivity index (χ2n) is 20.2. The zero-order valence-electron chi connectivity index (χ0n) is 39.6. The highest BCUT2D eigenvalue weighted by molar-refractivity contribution is 6.13. The Labute approximate surface area is 389 Å². The number of hydrogen-bond donors (Lipinski definition) is 6. The minimum atomic E-state index is -1.93. The molecular formula is C49H63N7O11. The second-order valence-corrected chi connectivity index (χ2v) is 20.2. The Morgan fingerprint density at radius 2 is 1.63 bits per heavy atom. The van der Waals surface area contributed by atoms with E-state index in [2.05, 4.69) is 21.3 Å². The number of hydrogen-bond acceptors (Lipinski definition) is 13. The number of rotatable bonds is 19. The highest BCUT2D eigenvalue weighted by Crippen LogP contribution is 2.43. The summed E-state index contributed by atoms with van der Waals surface area (Å²) in [5, 5.41) is 35.1. The standard InChI is InChI=1S/C49H63N7O11/c1-9-49(65)32-19-35-42-30(21-56(35)45(63)31(32)22-67-46(49)64)28-11-10-12-29-33(13-14-34(52-42)40(28)29)53-43(61)27(4)51-44(62)41(26(2)3)54-37(58)20-47(5,6)24-66-25-48(7,8)23-50-36(57)17-18-55-38(59)15-16-39(55)60/h13-16,19,26-27,37,41,54,58,65H,9-12,17-18,20-25H2,1-8H3,(H,50,57)(H,51,62)(H,53,61)/t27-,37?,41-,49-/m0/s1. The van der Waals surface area contributed by atoms with E-state index in [1.807, 2.05) is 47.6 Å². The van der Waals surface area contributed by atoms with Crippen LogP contribution in [0.25, 0.3) is 22.3 Å². The molecule has 0 fully saturated rings. The van der Waals surface area contributed by atoms with E-state index in [0.717, 1.165) is 39.8 Å². The SMILES string of the molecule is CC[C@@]1(O)C(=O)OCc2c1cc1n(c2=O)Cc2c-1nc1ccc(NC(=O)[C@H](C)NC(=O)[C@@H](NC(O)CC(C)(C)COCC(C)(C)CNC(=O)CCN3C(=O)C=CC3=O)C(C)C)c3c1c2CCC3. The summed E-state index contributed by atoms with van der Waals surface area (Å²) < 4.78 is 12.9. The summed E-state index contributed by atoms with van der Waals surface area (Å²) >= 11 is 0. The normalized spacial score (nSPS) is 18.9. The van der Waals surface area contributed by atoms with E-state index in [9.17, 15) is 43.8 Å². The minimum Gasteiger partial charge on any atom is -0.458 e. The Kier molecular flexibility index (Phi) is 14.0. The number of amides is 5. The fourth-order valence-corrected chi connectivity index (χ4v) is 9.41. The summed E-state index contributed by atoms with van der Waals surface area (Å²) in [6.45, 7) is 15.7. The van der Waals surface area contributed by atoms with Crippen molar-refractivity contribution in [3.05, 3.63) is 68.5 Å². The Bertz CT molecular complexity index is 2600. The predicted molar refractivity (Wildman–Crippen MR) is 247 cm³/mol. The lowest BCUT2D eigenvalue weighted by Crippen LogP contribution is -2.55. The van der Waals surface area contributed by atoms with Gasteiger partial charge in [-0.2, -0.15) is 0 Å². The van der Waals surface area contributed by atoms with E-state index >= 15 is 0 Å². The molecule has 6 N–H and O–H groups in total. The number of anilines is 1. The number of esters is 1. The zero-order valence-corrected chi connectivity index (χ0v) is 39.6. The number of benzene rings is 1. The number of pyridine rings is 2. The van der Waals surface area contributed by atoms with Gasteiger partial charge in [-0.05, 0) is 79.7 Å². The van der Waals surface area contributed by atoms with Crippen LogP contribution in [-0.2, 0) is 69.8 Å². The number of ether oxygens (including phenoxy) is 2. The molecule has 3 aliphatic heterocycles. The maximum atomic E-state index is 13.8. The van der Waals surface area contributed by atoms with E-state index in [4.69, 9.17) is 14.5 Å². The van der Waals surface area contributed by atoms with Crippen molar-refractivity contribution < 1.29 is 48.5 Å². The van der Waals surface area contributed by atoms with Crippen LogP contribution in [0.3, 0.4) is 0 Å². The Morgan fingerprint density at radius 3 is 2.31 bits per heavy atom.